The highest BCUT2D eigenvalue weighted by atomic mass is 16.2. The summed E-state index contributed by atoms with van der Waals surface area (Å²) in [5, 5.41) is 5.43. The van der Waals surface area contributed by atoms with Gasteiger partial charge in [0.05, 0.1) is 0 Å². The van der Waals surface area contributed by atoms with Gasteiger partial charge in [0, 0.05) is 16.8 Å². The van der Waals surface area contributed by atoms with E-state index in [1.807, 2.05) is 42.5 Å². The zero-order valence-corrected chi connectivity index (χ0v) is 17.5. The van der Waals surface area contributed by atoms with Crippen molar-refractivity contribution in [1.29, 1.82) is 0 Å². The lowest BCUT2D eigenvalue weighted by Gasteiger charge is -2.22. The number of amides is 4. The van der Waals surface area contributed by atoms with Gasteiger partial charge in [0.25, 0.3) is 5.91 Å². The highest BCUT2D eigenvalue weighted by molar-refractivity contribution is 6.10. The molecule has 0 aromatic heterocycles. The normalized spacial score (nSPS) is 17.3. The molecule has 1 aliphatic rings. The number of nitrogens with one attached hydrogen (secondary N) is 2. The lowest BCUT2D eigenvalue weighted by atomic mass is 9.92. The maximum absolute atomic E-state index is 12.9. The largest absolute Gasteiger partial charge is 0.325 e. The molecule has 1 aliphatic heterocycles. The third-order valence-electron chi connectivity index (χ3n) is 5.20. The van der Waals surface area contributed by atoms with Crippen molar-refractivity contribution in [2.75, 3.05) is 11.9 Å². The maximum Gasteiger partial charge on any atom is 0.325 e. The second-order valence-corrected chi connectivity index (χ2v) is 7.56. The van der Waals surface area contributed by atoms with Gasteiger partial charge in [-0.2, -0.15) is 0 Å². The van der Waals surface area contributed by atoms with Crippen LogP contribution in [0.3, 0.4) is 0 Å². The fourth-order valence-electron chi connectivity index (χ4n) is 3.49. The van der Waals surface area contributed by atoms with Crippen LogP contribution in [0.4, 0.5) is 10.5 Å². The van der Waals surface area contributed by atoms with Gasteiger partial charge in [-0.1, -0.05) is 66.4 Å². The van der Waals surface area contributed by atoms with Gasteiger partial charge in [0.15, 0.2) is 0 Å². The molecule has 1 atom stereocenters. The zero-order valence-electron chi connectivity index (χ0n) is 17.5. The number of imide groups is 1. The van der Waals surface area contributed by atoms with Gasteiger partial charge in [-0.05, 0) is 42.8 Å². The molecule has 0 bridgehead atoms. The van der Waals surface area contributed by atoms with Gasteiger partial charge >= 0.3 is 6.03 Å². The van der Waals surface area contributed by atoms with Crippen molar-refractivity contribution < 1.29 is 14.4 Å². The van der Waals surface area contributed by atoms with Crippen molar-refractivity contribution in [1.82, 2.24) is 10.2 Å². The molecule has 1 heterocycles. The first kappa shape index (κ1) is 20.9. The van der Waals surface area contributed by atoms with Crippen LogP contribution in [0.25, 0.3) is 0 Å². The molecule has 4 amide bonds. The molecule has 1 fully saturated rings. The van der Waals surface area contributed by atoms with E-state index in [1.54, 1.807) is 49.4 Å². The number of hydrogen-bond donors (Lipinski definition) is 2. The average Bonchev–Trinajstić information content (AvgIpc) is 3.03. The third kappa shape index (κ3) is 4.37. The molecule has 0 aliphatic carbocycles. The minimum atomic E-state index is -1.20. The van der Waals surface area contributed by atoms with Crippen LogP contribution in [0.1, 0.15) is 23.6 Å². The van der Waals surface area contributed by atoms with Crippen LogP contribution in [-0.4, -0.2) is 29.3 Å². The van der Waals surface area contributed by atoms with Gasteiger partial charge in [-0.25, -0.2) is 4.79 Å². The number of rotatable bonds is 4. The summed E-state index contributed by atoms with van der Waals surface area (Å²) >= 11 is 0. The summed E-state index contributed by atoms with van der Waals surface area (Å²) in [6, 6.07) is 25.0. The van der Waals surface area contributed by atoms with E-state index in [-0.39, 0.29) is 6.54 Å². The molecular weight excluding hydrogens is 402 g/mol. The predicted octanol–water partition coefficient (Wildman–Crippen LogP) is 3.49. The predicted molar refractivity (Wildman–Crippen MR) is 122 cm³/mol. The van der Waals surface area contributed by atoms with Crippen LogP contribution in [0.15, 0.2) is 84.9 Å². The number of benzene rings is 3. The van der Waals surface area contributed by atoms with Gasteiger partial charge in [0.1, 0.15) is 12.1 Å². The molecule has 3 aromatic rings. The second kappa shape index (κ2) is 8.78. The fourth-order valence-corrected chi connectivity index (χ4v) is 3.49. The molecule has 0 saturated carbocycles. The molecular formula is C26H21N3O3. The van der Waals surface area contributed by atoms with Gasteiger partial charge in [-0.3, -0.25) is 14.5 Å². The van der Waals surface area contributed by atoms with Crippen LogP contribution in [0.5, 0.6) is 0 Å². The molecule has 3 aromatic carbocycles. The van der Waals surface area contributed by atoms with E-state index in [0.29, 0.717) is 11.3 Å². The van der Waals surface area contributed by atoms with E-state index in [0.717, 1.165) is 16.0 Å². The molecule has 2 N–H and O–H groups in total. The van der Waals surface area contributed by atoms with Crippen LogP contribution in [0, 0.1) is 11.8 Å². The van der Waals surface area contributed by atoms with Crippen molar-refractivity contribution >= 4 is 23.5 Å². The van der Waals surface area contributed by atoms with Crippen molar-refractivity contribution in [2.45, 2.75) is 12.5 Å². The number of carbonyl (C=O) groups excluding carboxylic acids is 3. The van der Waals surface area contributed by atoms with Crippen molar-refractivity contribution in [3.8, 4) is 11.8 Å². The van der Waals surface area contributed by atoms with Crippen molar-refractivity contribution in [2.24, 2.45) is 0 Å². The van der Waals surface area contributed by atoms with E-state index >= 15 is 0 Å². The quantitative estimate of drug-likeness (QED) is 0.498. The first-order valence-corrected chi connectivity index (χ1v) is 10.1. The number of carbonyl (C=O) groups is 3. The van der Waals surface area contributed by atoms with E-state index in [1.165, 1.54) is 0 Å². The summed E-state index contributed by atoms with van der Waals surface area (Å²) < 4.78 is 0. The standard InChI is InChI=1S/C26H21N3O3/c1-26(21-12-6-3-7-13-21)24(31)29(25(32)28-26)18-23(30)27-22-14-8-11-20(17-22)16-15-19-9-4-2-5-10-19/h2-14,17H,18H2,1H3,(H,27,30)(H,28,32). The zero-order chi connectivity index (χ0) is 22.6. The van der Waals surface area contributed by atoms with Crippen LogP contribution >= 0.6 is 0 Å². The van der Waals surface area contributed by atoms with Gasteiger partial charge in [0.2, 0.25) is 5.91 Å². The van der Waals surface area contributed by atoms with Crippen LogP contribution in [-0.2, 0) is 15.1 Å². The summed E-state index contributed by atoms with van der Waals surface area (Å²) in [5.74, 6) is 5.19. The first-order chi connectivity index (χ1) is 15.5. The average molecular weight is 423 g/mol. The fraction of sp³-hybridized carbons (Fsp3) is 0.115. The Morgan fingerprint density at radius 2 is 1.53 bits per heavy atom. The second-order valence-electron chi connectivity index (χ2n) is 7.56. The van der Waals surface area contributed by atoms with Crippen LogP contribution in [0.2, 0.25) is 0 Å². The van der Waals surface area contributed by atoms with E-state index < -0.39 is 23.4 Å². The monoisotopic (exact) mass is 423 g/mol. The van der Waals surface area contributed by atoms with Crippen molar-refractivity contribution in [3.63, 3.8) is 0 Å². The third-order valence-corrected chi connectivity index (χ3v) is 5.20. The van der Waals surface area contributed by atoms with E-state index in [2.05, 4.69) is 22.5 Å². The Labute approximate surface area is 186 Å². The molecule has 32 heavy (non-hydrogen) atoms. The molecule has 1 saturated heterocycles. The Hall–Kier alpha value is -4.37. The SMILES string of the molecule is CC1(c2ccccc2)NC(=O)N(CC(=O)Nc2cccc(C#Cc3ccccc3)c2)C1=O. The Bertz CT molecular complexity index is 1230. The number of hydrogen-bond acceptors (Lipinski definition) is 3. The Kier molecular flexibility index (Phi) is 5.73. The van der Waals surface area contributed by atoms with Crippen LogP contribution < -0.4 is 10.6 Å². The molecule has 6 nitrogen and oxygen atoms in total. The molecule has 6 heteroatoms. The Morgan fingerprint density at radius 3 is 2.25 bits per heavy atom. The molecule has 0 spiro atoms. The lowest BCUT2D eigenvalue weighted by molar-refractivity contribution is -0.133. The summed E-state index contributed by atoms with van der Waals surface area (Å²) in [4.78, 5) is 38.9. The number of anilines is 1. The Balaban J connectivity index is 1.44. The number of nitrogens with zero attached hydrogens (tertiary/aromatic N) is 1. The summed E-state index contributed by atoms with van der Waals surface area (Å²) in [7, 11) is 0. The molecule has 158 valence electrons. The van der Waals surface area contributed by atoms with E-state index in [9.17, 15) is 14.4 Å². The minimum Gasteiger partial charge on any atom is -0.324 e. The van der Waals surface area contributed by atoms with E-state index in [4.69, 9.17) is 0 Å². The maximum atomic E-state index is 12.9. The smallest absolute Gasteiger partial charge is 0.324 e. The lowest BCUT2D eigenvalue weighted by Crippen LogP contribution is -2.42. The summed E-state index contributed by atoms with van der Waals surface area (Å²) in [5.41, 5.74) is 1.62. The topological polar surface area (TPSA) is 78.5 Å². The molecule has 0 radical (unpaired) electrons. The highest BCUT2D eigenvalue weighted by Gasteiger charge is 2.49. The first-order valence-electron chi connectivity index (χ1n) is 10.1. The van der Waals surface area contributed by atoms with Crippen molar-refractivity contribution in [3.05, 3.63) is 102 Å². The minimum absolute atomic E-state index is 0.382. The molecule has 4 rings (SSSR count). The Morgan fingerprint density at radius 1 is 0.906 bits per heavy atom. The molecule has 1 unspecified atom stereocenters. The van der Waals surface area contributed by atoms with Gasteiger partial charge < -0.3 is 10.6 Å². The summed E-state index contributed by atoms with van der Waals surface area (Å²) in [6.45, 7) is 1.25. The summed E-state index contributed by atoms with van der Waals surface area (Å²) in [6.07, 6.45) is 0. The number of urea groups is 1. The highest BCUT2D eigenvalue weighted by Crippen LogP contribution is 2.28. The van der Waals surface area contributed by atoms with Gasteiger partial charge in [-0.15, -0.1) is 0 Å².